The standard InChI is InChI=1S/C29H39FN3O9P/c1-28(2,3)41-43(37,42-29(4,5)6)18-24(34)26(35)32-12-9-19(10-13-32)22-8-7-20(15-23(22)30)33-16-21(40-27(33)36)17-38-25-11-14-39-31-25/h7-9,11,14-15,21,24,34H,10,12-13,16-18H2,1-6H3/t21-,24-/m1/s1. The second-order valence-corrected chi connectivity index (χ2v) is 14.4. The lowest BCUT2D eigenvalue weighted by molar-refractivity contribution is -0.138. The molecule has 2 atom stereocenters. The van der Waals surface area contributed by atoms with Crippen LogP contribution in [0.4, 0.5) is 14.9 Å². The van der Waals surface area contributed by atoms with E-state index in [9.17, 15) is 19.3 Å². The third-order valence-corrected chi connectivity index (χ3v) is 8.79. The Morgan fingerprint density at radius 2 is 1.88 bits per heavy atom. The van der Waals surface area contributed by atoms with Gasteiger partial charge >= 0.3 is 13.7 Å². The van der Waals surface area contributed by atoms with E-state index in [0.717, 1.165) is 0 Å². The third-order valence-electron chi connectivity index (χ3n) is 6.34. The first-order valence-electron chi connectivity index (χ1n) is 14.0. The number of halogens is 1. The molecule has 236 valence electrons. The molecule has 2 aliphatic rings. The van der Waals surface area contributed by atoms with Crippen molar-refractivity contribution in [3.8, 4) is 5.88 Å². The number of benzene rings is 1. The minimum atomic E-state index is -3.84. The molecule has 0 aliphatic carbocycles. The minimum absolute atomic E-state index is 0.0664. The lowest BCUT2D eigenvalue weighted by atomic mass is 9.98. The van der Waals surface area contributed by atoms with Crippen molar-refractivity contribution >= 4 is 30.9 Å². The molecule has 12 nitrogen and oxygen atoms in total. The first-order valence-corrected chi connectivity index (χ1v) is 15.7. The van der Waals surface area contributed by atoms with Crippen molar-refractivity contribution < 1.29 is 46.7 Å². The summed E-state index contributed by atoms with van der Waals surface area (Å²) >= 11 is 0. The molecule has 14 heteroatoms. The van der Waals surface area contributed by atoms with Crippen LogP contribution in [0.1, 0.15) is 53.5 Å². The Morgan fingerprint density at radius 3 is 2.44 bits per heavy atom. The van der Waals surface area contributed by atoms with Crippen LogP contribution in [0, 0.1) is 5.82 Å². The SMILES string of the molecule is CC(C)(C)OP(=O)(C[C@@H](O)C(=O)N1CC=C(c2ccc(N3C[C@H](COc4ccon4)OC3=O)cc2F)CC1)OC(C)(C)C. The number of aliphatic hydroxyl groups excluding tert-OH is 1. The Hall–Kier alpha value is -3.25. The zero-order chi connectivity index (χ0) is 31.6. The molecule has 1 fully saturated rings. The maximum absolute atomic E-state index is 15.2. The van der Waals surface area contributed by atoms with Crippen LogP contribution in [-0.2, 0) is 23.1 Å². The summed E-state index contributed by atoms with van der Waals surface area (Å²) in [5, 5.41) is 14.4. The van der Waals surface area contributed by atoms with Gasteiger partial charge in [-0.2, -0.15) is 0 Å². The van der Waals surface area contributed by atoms with E-state index in [4.69, 9.17) is 23.0 Å². The van der Waals surface area contributed by atoms with Gasteiger partial charge in [0.05, 0.1) is 29.6 Å². The highest BCUT2D eigenvalue weighted by molar-refractivity contribution is 7.54. The summed E-state index contributed by atoms with van der Waals surface area (Å²) in [4.78, 5) is 28.2. The molecule has 2 aliphatic heterocycles. The molecule has 1 aromatic carbocycles. The number of ether oxygens (including phenoxy) is 2. The molecule has 1 N–H and O–H groups in total. The molecular formula is C29H39FN3O9P. The summed E-state index contributed by atoms with van der Waals surface area (Å²) in [5.74, 6) is -0.876. The Kier molecular flexibility index (Phi) is 9.70. The van der Waals surface area contributed by atoms with Gasteiger partial charge in [0, 0.05) is 24.7 Å². The molecule has 0 saturated carbocycles. The average molecular weight is 624 g/mol. The maximum Gasteiger partial charge on any atom is 0.414 e. The van der Waals surface area contributed by atoms with E-state index in [1.807, 2.05) is 0 Å². The van der Waals surface area contributed by atoms with E-state index >= 15 is 4.39 Å². The van der Waals surface area contributed by atoms with Crippen LogP contribution in [0.25, 0.3) is 5.57 Å². The molecule has 1 aromatic heterocycles. The number of anilines is 1. The Labute approximate surface area is 250 Å². The van der Waals surface area contributed by atoms with Crippen LogP contribution in [-0.4, -0.2) is 83.0 Å². The van der Waals surface area contributed by atoms with Gasteiger partial charge in [0.1, 0.15) is 24.8 Å². The fourth-order valence-corrected chi connectivity index (χ4v) is 7.18. The van der Waals surface area contributed by atoms with Crippen LogP contribution >= 0.6 is 7.60 Å². The number of cyclic esters (lactones) is 1. The third kappa shape index (κ3) is 8.88. The van der Waals surface area contributed by atoms with E-state index in [1.165, 1.54) is 28.2 Å². The van der Waals surface area contributed by atoms with Gasteiger partial charge in [-0.15, -0.1) is 0 Å². The zero-order valence-electron chi connectivity index (χ0n) is 25.2. The van der Waals surface area contributed by atoms with Gasteiger partial charge in [0.15, 0.2) is 6.10 Å². The second-order valence-electron chi connectivity index (χ2n) is 12.4. The second kappa shape index (κ2) is 12.8. The fraction of sp³-hybridized carbons (Fsp3) is 0.552. The van der Waals surface area contributed by atoms with Crippen molar-refractivity contribution in [1.82, 2.24) is 10.1 Å². The predicted octanol–water partition coefficient (Wildman–Crippen LogP) is 5.02. The van der Waals surface area contributed by atoms with Crippen molar-refractivity contribution in [2.24, 2.45) is 0 Å². The highest BCUT2D eigenvalue weighted by Crippen LogP contribution is 2.54. The molecule has 2 amide bonds. The fourth-order valence-electron chi connectivity index (χ4n) is 4.75. The van der Waals surface area contributed by atoms with Crippen molar-refractivity contribution in [1.29, 1.82) is 0 Å². The van der Waals surface area contributed by atoms with Crippen LogP contribution in [0.3, 0.4) is 0 Å². The minimum Gasteiger partial charge on any atom is -0.471 e. The van der Waals surface area contributed by atoms with E-state index in [-0.39, 0.29) is 32.1 Å². The molecule has 4 rings (SSSR count). The lowest BCUT2D eigenvalue weighted by Gasteiger charge is -2.34. The van der Waals surface area contributed by atoms with Crippen LogP contribution < -0.4 is 9.64 Å². The summed E-state index contributed by atoms with van der Waals surface area (Å²) in [6.07, 6.45) is 0.125. The summed E-state index contributed by atoms with van der Waals surface area (Å²) in [6, 6.07) is 6.01. The van der Waals surface area contributed by atoms with Gasteiger partial charge in [-0.1, -0.05) is 6.08 Å². The number of rotatable bonds is 10. The molecule has 0 bridgehead atoms. The molecular weight excluding hydrogens is 584 g/mol. The van der Waals surface area contributed by atoms with Gasteiger partial charge in [0.25, 0.3) is 11.8 Å². The normalized spacial score (nSPS) is 18.8. The summed E-state index contributed by atoms with van der Waals surface area (Å²) in [5.41, 5.74) is -0.281. The van der Waals surface area contributed by atoms with E-state index in [1.54, 1.807) is 59.8 Å². The van der Waals surface area contributed by atoms with Crippen molar-refractivity contribution in [3.63, 3.8) is 0 Å². The van der Waals surface area contributed by atoms with Gasteiger partial charge in [-0.3, -0.25) is 14.3 Å². The number of amides is 2. The Balaban J connectivity index is 1.37. The molecule has 43 heavy (non-hydrogen) atoms. The zero-order valence-corrected chi connectivity index (χ0v) is 26.1. The Morgan fingerprint density at radius 1 is 1.19 bits per heavy atom. The van der Waals surface area contributed by atoms with Gasteiger partial charge < -0.3 is 33.1 Å². The average Bonchev–Trinajstić information content (AvgIpc) is 3.54. The van der Waals surface area contributed by atoms with Crippen molar-refractivity contribution in [2.75, 3.05) is 37.3 Å². The number of carbonyl (C=O) groups is 2. The molecule has 0 unspecified atom stereocenters. The largest absolute Gasteiger partial charge is 0.471 e. The molecule has 0 radical (unpaired) electrons. The van der Waals surface area contributed by atoms with E-state index in [0.29, 0.717) is 23.2 Å². The number of hydrogen-bond acceptors (Lipinski definition) is 10. The molecule has 1 saturated heterocycles. The van der Waals surface area contributed by atoms with Gasteiger partial charge in [0.2, 0.25) is 0 Å². The van der Waals surface area contributed by atoms with Crippen LogP contribution in [0.15, 0.2) is 41.1 Å². The predicted molar refractivity (Wildman–Crippen MR) is 155 cm³/mol. The van der Waals surface area contributed by atoms with E-state index < -0.39 is 55.0 Å². The van der Waals surface area contributed by atoms with Gasteiger partial charge in [-0.25, -0.2) is 9.18 Å². The summed E-state index contributed by atoms with van der Waals surface area (Å²) < 4.78 is 55.6. The summed E-state index contributed by atoms with van der Waals surface area (Å²) in [7, 11) is -3.84. The van der Waals surface area contributed by atoms with Crippen LogP contribution in [0.5, 0.6) is 5.88 Å². The topological polar surface area (TPSA) is 141 Å². The monoisotopic (exact) mass is 623 g/mol. The number of aliphatic hydroxyl groups is 1. The quantitative estimate of drug-likeness (QED) is 0.359. The lowest BCUT2D eigenvalue weighted by Crippen LogP contribution is -2.43. The van der Waals surface area contributed by atoms with Crippen molar-refractivity contribution in [3.05, 3.63) is 48.0 Å². The first-order chi connectivity index (χ1) is 20.0. The smallest absolute Gasteiger partial charge is 0.414 e. The van der Waals surface area contributed by atoms with Crippen molar-refractivity contribution in [2.45, 2.75) is 71.4 Å². The highest BCUT2D eigenvalue weighted by atomic mass is 31.2. The summed E-state index contributed by atoms with van der Waals surface area (Å²) in [6.45, 7) is 10.9. The highest BCUT2D eigenvalue weighted by Gasteiger charge is 2.40. The Bertz CT molecular complexity index is 1360. The number of carbonyl (C=O) groups excluding carboxylic acids is 2. The van der Waals surface area contributed by atoms with Gasteiger partial charge in [-0.05, 0) is 76.9 Å². The first kappa shape index (κ1) is 32.7. The molecule has 3 heterocycles. The van der Waals surface area contributed by atoms with E-state index in [2.05, 4.69) is 5.16 Å². The maximum atomic E-state index is 15.2. The molecule has 0 spiro atoms. The van der Waals surface area contributed by atoms with Crippen LogP contribution in [0.2, 0.25) is 0 Å². The number of aromatic nitrogens is 1. The molecule has 2 aromatic rings. The number of nitrogens with zero attached hydrogens (tertiary/aromatic N) is 3. The number of hydrogen-bond donors (Lipinski definition) is 1.